The van der Waals surface area contributed by atoms with Gasteiger partial charge in [0.25, 0.3) is 5.56 Å². The number of nitrogens with zero attached hydrogens (tertiary/aromatic N) is 2. The van der Waals surface area contributed by atoms with Crippen LogP contribution >= 0.6 is 0 Å². The first-order chi connectivity index (χ1) is 8.93. The molecule has 19 heavy (non-hydrogen) atoms. The zero-order valence-corrected chi connectivity index (χ0v) is 10.1. The van der Waals surface area contributed by atoms with Crippen LogP contribution in [0.5, 0.6) is 0 Å². The van der Waals surface area contributed by atoms with Crippen molar-refractivity contribution in [2.45, 2.75) is 31.7 Å². The van der Waals surface area contributed by atoms with E-state index in [1.807, 2.05) is 0 Å². The van der Waals surface area contributed by atoms with Gasteiger partial charge in [-0.15, -0.1) is 0 Å². The van der Waals surface area contributed by atoms with Gasteiger partial charge in [-0.05, 0) is 6.92 Å². The number of aliphatic hydroxyl groups is 1. The second kappa shape index (κ2) is 4.94. The van der Waals surface area contributed by atoms with E-state index in [4.69, 9.17) is 9.84 Å². The average molecular weight is 271 g/mol. The van der Waals surface area contributed by atoms with Gasteiger partial charge in [0.05, 0.1) is 13.0 Å². The number of nitrogens with one attached hydrogen (secondary N) is 1. The number of nitro groups is 1. The molecular formula is C10H13N3O6. The van der Waals surface area contributed by atoms with Crippen molar-refractivity contribution in [3.05, 3.63) is 42.7 Å². The van der Waals surface area contributed by atoms with E-state index in [1.165, 1.54) is 13.1 Å². The standard InChI is InChI=1S/C10H13N3O6/c1-5-3-12(10(16)11-9(5)15)8-2-6(13(17)18)7(4-14)19-8/h3,6-8,14H,2,4H2,1H3,(H,11,15,16). The van der Waals surface area contributed by atoms with Crippen LogP contribution in [-0.2, 0) is 4.74 Å². The van der Waals surface area contributed by atoms with Crippen molar-refractivity contribution < 1.29 is 14.8 Å². The molecule has 0 saturated carbocycles. The monoisotopic (exact) mass is 271 g/mol. The Labute approximate surface area is 106 Å². The molecule has 0 spiro atoms. The number of ether oxygens (including phenoxy) is 1. The summed E-state index contributed by atoms with van der Waals surface area (Å²) >= 11 is 0. The molecule has 1 aromatic rings. The first-order valence-corrected chi connectivity index (χ1v) is 5.66. The smallest absolute Gasteiger partial charge is 0.330 e. The van der Waals surface area contributed by atoms with Crippen molar-refractivity contribution in [2.24, 2.45) is 0 Å². The Bertz CT molecular complexity index is 606. The van der Waals surface area contributed by atoms with E-state index in [0.717, 1.165) is 4.57 Å². The van der Waals surface area contributed by atoms with Gasteiger partial charge in [0.15, 0.2) is 6.10 Å². The Morgan fingerprint density at radius 3 is 2.84 bits per heavy atom. The molecule has 0 aliphatic carbocycles. The minimum absolute atomic E-state index is 0.0381. The van der Waals surface area contributed by atoms with Crippen LogP contribution in [0.15, 0.2) is 15.8 Å². The number of aromatic amines is 1. The molecule has 9 nitrogen and oxygen atoms in total. The molecule has 9 heteroatoms. The van der Waals surface area contributed by atoms with Crippen molar-refractivity contribution in [3.63, 3.8) is 0 Å². The zero-order valence-electron chi connectivity index (χ0n) is 10.1. The fourth-order valence-corrected chi connectivity index (χ4v) is 2.07. The second-order valence-corrected chi connectivity index (χ2v) is 4.38. The number of aromatic nitrogens is 2. The quantitative estimate of drug-likeness (QED) is 0.523. The molecule has 0 bridgehead atoms. The minimum atomic E-state index is -1.07. The summed E-state index contributed by atoms with van der Waals surface area (Å²) in [6.45, 7) is 1.01. The number of hydrogen-bond donors (Lipinski definition) is 2. The highest BCUT2D eigenvalue weighted by molar-refractivity contribution is 5.02. The molecule has 1 saturated heterocycles. The van der Waals surface area contributed by atoms with Crippen molar-refractivity contribution in [3.8, 4) is 0 Å². The third-order valence-electron chi connectivity index (χ3n) is 3.11. The fraction of sp³-hybridized carbons (Fsp3) is 0.600. The first kappa shape index (κ1) is 13.4. The molecule has 1 aliphatic heterocycles. The molecule has 3 atom stereocenters. The number of H-pyrrole nitrogens is 1. The summed E-state index contributed by atoms with van der Waals surface area (Å²) in [5.41, 5.74) is -0.904. The summed E-state index contributed by atoms with van der Waals surface area (Å²) in [6, 6.07) is -1.07. The predicted octanol–water partition coefficient (Wildman–Crippen LogP) is -1.23. The Morgan fingerprint density at radius 1 is 1.63 bits per heavy atom. The van der Waals surface area contributed by atoms with Gasteiger partial charge < -0.3 is 9.84 Å². The molecule has 0 amide bonds. The highest BCUT2D eigenvalue weighted by Gasteiger charge is 2.44. The minimum Gasteiger partial charge on any atom is -0.393 e. The van der Waals surface area contributed by atoms with Gasteiger partial charge in [0.1, 0.15) is 6.23 Å². The Balaban J connectivity index is 2.35. The Hall–Kier alpha value is -2.00. The lowest BCUT2D eigenvalue weighted by atomic mass is 10.1. The van der Waals surface area contributed by atoms with Crippen LogP contribution < -0.4 is 11.2 Å². The van der Waals surface area contributed by atoms with E-state index in [1.54, 1.807) is 0 Å². The molecule has 2 heterocycles. The highest BCUT2D eigenvalue weighted by atomic mass is 16.6. The van der Waals surface area contributed by atoms with E-state index in [-0.39, 0.29) is 6.42 Å². The maximum atomic E-state index is 11.6. The van der Waals surface area contributed by atoms with Crippen LogP contribution in [0.1, 0.15) is 18.2 Å². The van der Waals surface area contributed by atoms with E-state index < -0.39 is 41.2 Å². The maximum absolute atomic E-state index is 11.6. The van der Waals surface area contributed by atoms with Crippen LogP contribution in [0, 0.1) is 17.0 Å². The molecule has 1 fully saturated rings. The molecule has 1 aromatic heterocycles. The molecule has 0 aromatic carbocycles. The SMILES string of the molecule is Cc1cn(C2CC([N+](=O)[O-])C(CO)O2)c(=O)[nH]c1=O. The topological polar surface area (TPSA) is 127 Å². The summed E-state index contributed by atoms with van der Waals surface area (Å²) in [4.78, 5) is 35.3. The third-order valence-corrected chi connectivity index (χ3v) is 3.11. The van der Waals surface area contributed by atoms with Gasteiger partial charge in [-0.3, -0.25) is 24.5 Å². The Morgan fingerprint density at radius 2 is 2.32 bits per heavy atom. The Kier molecular flexibility index (Phi) is 3.49. The molecule has 3 unspecified atom stereocenters. The van der Waals surface area contributed by atoms with Crippen molar-refractivity contribution in [2.75, 3.05) is 6.61 Å². The second-order valence-electron chi connectivity index (χ2n) is 4.38. The lowest BCUT2D eigenvalue weighted by molar-refractivity contribution is -0.527. The van der Waals surface area contributed by atoms with E-state index >= 15 is 0 Å². The average Bonchev–Trinajstić information content (AvgIpc) is 2.77. The number of aryl methyl sites for hydroxylation is 1. The van der Waals surface area contributed by atoms with E-state index in [9.17, 15) is 19.7 Å². The summed E-state index contributed by atoms with van der Waals surface area (Å²) in [7, 11) is 0. The summed E-state index contributed by atoms with van der Waals surface area (Å²) in [6.07, 6.45) is -0.568. The van der Waals surface area contributed by atoms with Crippen LogP contribution in [0.3, 0.4) is 0 Å². The van der Waals surface area contributed by atoms with Crippen LogP contribution in [-0.4, -0.2) is 38.3 Å². The molecule has 104 valence electrons. The van der Waals surface area contributed by atoms with Crippen molar-refractivity contribution in [1.82, 2.24) is 9.55 Å². The summed E-state index contributed by atoms with van der Waals surface area (Å²) < 4.78 is 6.40. The first-order valence-electron chi connectivity index (χ1n) is 5.66. The highest BCUT2D eigenvalue weighted by Crippen LogP contribution is 2.29. The molecular weight excluding hydrogens is 258 g/mol. The van der Waals surface area contributed by atoms with Crippen LogP contribution in [0.4, 0.5) is 0 Å². The lowest BCUT2D eigenvalue weighted by Gasteiger charge is -2.13. The van der Waals surface area contributed by atoms with Crippen LogP contribution in [0.2, 0.25) is 0 Å². The van der Waals surface area contributed by atoms with Crippen molar-refractivity contribution in [1.29, 1.82) is 0 Å². The normalized spacial score (nSPS) is 26.5. The van der Waals surface area contributed by atoms with Gasteiger partial charge in [0.2, 0.25) is 6.04 Å². The van der Waals surface area contributed by atoms with Gasteiger partial charge >= 0.3 is 5.69 Å². The van der Waals surface area contributed by atoms with E-state index in [2.05, 4.69) is 4.98 Å². The van der Waals surface area contributed by atoms with Crippen molar-refractivity contribution >= 4 is 0 Å². The fourth-order valence-electron chi connectivity index (χ4n) is 2.07. The number of aliphatic hydroxyl groups excluding tert-OH is 1. The molecule has 0 radical (unpaired) electrons. The van der Waals surface area contributed by atoms with Gasteiger partial charge in [-0.1, -0.05) is 0 Å². The lowest BCUT2D eigenvalue weighted by Crippen LogP contribution is -2.33. The van der Waals surface area contributed by atoms with Gasteiger partial charge in [-0.25, -0.2) is 4.79 Å². The summed E-state index contributed by atoms with van der Waals surface area (Å²) in [5, 5.41) is 19.9. The maximum Gasteiger partial charge on any atom is 0.330 e. The molecule has 2 N–H and O–H groups in total. The van der Waals surface area contributed by atoms with E-state index in [0.29, 0.717) is 5.56 Å². The molecule has 2 rings (SSSR count). The largest absolute Gasteiger partial charge is 0.393 e. The van der Waals surface area contributed by atoms with Gasteiger partial charge in [0, 0.05) is 16.7 Å². The number of rotatable bonds is 3. The predicted molar refractivity (Wildman–Crippen MR) is 62.5 cm³/mol. The molecule has 1 aliphatic rings. The summed E-state index contributed by atoms with van der Waals surface area (Å²) in [5.74, 6) is 0. The number of hydrogen-bond acceptors (Lipinski definition) is 6. The third kappa shape index (κ3) is 2.42. The van der Waals surface area contributed by atoms with Gasteiger partial charge in [-0.2, -0.15) is 0 Å². The zero-order chi connectivity index (χ0) is 14.2. The van der Waals surface area contributed by atoms with Crippen LogP contribution in [0.25, 0.3) is 0 Å².